The predicted octanol–water partition coefficient (Wildman–Crippen LogP) is 3.73. The van der Waals surface area contributed by atoms with Gasteiger partial charge in [0.2, 0.25) is 0 Å². The molecule has 0 spiro atoms. The zero-order chi connectivity index (χ0) is 13.7. The van der Waals surface area contributed by atoms with Crippen LogP contribution in [0.25, 0.3) is 10.9 Å². The number of hydrogen-bond acceptors (Lipinski definition) is 2. The second kappa shape index (κ2) is 6.14. The predicted molar refractivity (Wildman–Crippen MR) is 72.8 cm³/mol. The van der Waals surface area contributed by atoms with E-state index in [1.807, 2.05) is 0 Å². The molecule has 0 bridgehead atoms. The van der Waals surface area contributed by atoms with Gasteiger partial charge in [0.05, 0.1) is 0 Å². The van der Waals surface area contributed by atoms with Crippen LogP contribution in [0.2, 0.25) is 0 Å². The molecule has 0 fully saturated rings. The molecule has 0 aliphatic rings. The van der Waals surface area contributed by atoms with Crippen molar-refractivity contribution in [3.05, 3.63) is 36.0 Å². The van der Waals surface area contributed by atoms with Gasteiger partial charge in [-0.2, -0.15) is 0 Å². The van der Waals surface area contributed by atoms with Crippen LogP contribution in [-0.4, -0.2) is 11.5 Å². The summed E-state index contributed by atoms with van der Waals surface area (Å²) in [6.07, 6.45) is 9.25. The molecule has 0 saturated heterocycles. The maximum Gasteiger partial charge on any atom is 0.152 e. The van der Waals surface area contributed by atoms with E-state index in [1.165, 1.54) is 12.3 Å². The van der Waals surface area contributed by atoms with Gasteiger partial charge in [0.1, 0.15) is 11.3 Å². The topological polar surface area (TPSA) is 24.9 Å². The van der Waals surface area contributed by atoms with Crippen molar-refractivity contribution in [3.8, 4) is 12.3 Å². The van der Waals surface area contributed by atoms with Crippen molar-refractivity contribution < 1.29 is 8.78 Å². The highest BCUT2D eigenvalue weighted by Crippen LogP contribution is 2.24. The van der Waals surface area contributed by atoms with E-state index in [0.717, 1.165) is 25.3 Å². The average Bonchev–Trinajstić information content (AvgIpc) is 2.39. The number of benzene rings is 1. The Morgan fingerprint density at radius 3 is 2.89 bits per heavy atom. The van der Waals surface area contributed by atoms with E-state index in [1.54, 1.807) is 6.07 Å². The minimum absolute atomic E-state index is 0.176. The zero-order valence-electron chi connectivity index (χ0n) is 10.4. The Balaban J connectivity index is 2.17. The number of hydrogen-bond donors (Lipinski definition) is 1. The Morgan fingerprint density at radius 2 is 2.11 bits per heavy atom. The van der Waals surface area contributed by atoms with E-state index in [-0.39, 0.29) is 5.52 Å². The minimum Gasteiger partial charge on any atom is -0.384 e. The third-order valence-corrected chi connectivity index (χ3v) is 2.83. The lowest BCUT2D eigenvalue weighted by Gasteiger charge is -2.09. The molecular formula is C15H14F2N2. The van der Waals surface area contributed by atoms with Crippen LogP contribution in [0.5, 0.6) is 0 Å². The Morgan fingerprint density at radius 1 is 1.26 bits per heavy atom. The standard InChI is InChI=1S/C15H14F2N2/c1-2-3-4-5-7-18-14-6-8-19-15-12(14)9-11(16)10-13(15)17/h1,6,8-10H,3-5,7H2,(H,18,19). The van der Waals surface area contributed by atoms with Gasteiger partial charge in [-0.25, -0.2) is 8.78 Å². The van der Waals surface area contributed by atoms with Gasteiger partial charge in [-0.1, -0.05) is 0 Å². The van der Waals surface area contributed by atoms with Crippen molar-refractivity contribution in [2.24, 2.45) is 0 Å². The highest BCUT2D eigenvalue weighted by Gasteiger charge is 2.08. The summed E-state index contributed by atoms with van der Waals surface area (Å²) in [5.74, 6) is 1.32. The molecule has 2 rings (SSSR count). The van der Waals surface area contributed by atoms with Crippen molar-refractivity contribution >= 4 is 16.6 Å². The molecule has 1 N–H and O–H groups in total. The molecule has 4 heteroatoms. The summed E-state index contributed by atoms with van der Waals surface area (Å²) in [5.41, 5.74) is 0.860. The molecule has 0 aliphatic carbocycles. The van der Waals surface area contributed by atoms with Crippen LogP contribution >= 0.6 is 0 Å². The van der Waals surface area contributed by atoms with Crippen LogP contribution in [0.3, 0.4) is 0 Å². The molecule has 98 valence electrons. The van der Waals surface area contributed by atoms with Crippen LogP contribution in [0.4, 0.5) is 14.5 Å². The Hall–Kier alpha value is -2.15. The molecule has 0 atom stereocenters. The highest BCUT2D eigenvalue weighted by atomic mass is 19.1. The number of anilines is 1. The molecule has 0 aliphatic heterocycles. The number of fused-ring (bicyclic) bond motifs is 1. The van der Waals surface area contributed by atoms with E-state index in [0.29, 0.717) is 17.6 Å². The molecule has 2 aromatic rings. The van der Waals surface area contributed by atoms with Crippen LogP contribution < -0.4 is 5.32 Å². The summed E-state index contributed by atoms with van der Waals surface area (Å²) < 4.78 is 26.8. The fourth-order valence-corrected chi connectivity index (χ4v) is 1.91. The summed E-state index contributed by atoms with van der Waals surface area (Å²) in [7, 11) is 0. The summed E-state index contributed by atoms with van der Waals surface area (Å²) in [4.78, 5) is 3.93. The molecular weight excluding hydrogens is 246 g/mol. The fraction of sp³-hybridized carbons (Fsp3) is 0.267. The number of rotatable bonds is 5. The van der Waals surface area contributed by atoms with Crippen LogP contribution in [0.1, 0.15) is 19.3 Å². The summed E-state index contributed by atoms with van der Waals surface area (Å²) in [6.45, 7) is 0.707. The lowest BCUT2D eigenvalue weighted by Crippen LogP contribution is -2.02. The fourth-order valence-electron chi connectivity index (χ4n) is 1.91. The van der Waals surface area contributed by atoms with E-state index >= 15 is 0 Å². The Kier molecular flexibility index (Phi) is 4.30. The maximum atomic E-state index is 13.6. The second-order valence-electron chi connectivity index (χ2n) is 4.23. The minimum atomic E-state index is -0.647. The first-order valence-electron chi connectivity index (χ1n) is 6.13. The molecule has 1 aromatic heterocycles. The highest BCUT2D eigenvalue weighted by molar-refractivity contribution is 5.91. The summed E-state index contributed by atoms with van der Waals surface area (Å²) in [6, 6.07) is 3.84. The van der Waals surface area contributed by atoms with Crippen molar-refractivity contribution in [2.45, 2.75) is 19.3 Å². The molecule has 0 radical (unpaired) electrons. The number of terminal acetylenes is 1. The van der Waals surface area contributed by atoms with Gasteiger partial charge in [-0.3, -0.25) is 4.98 Å². The van der Waals surface area contributed by atoms with Gasteiger partial charge >= 0.3 is 0 Å². The van der Waals surface area contributed by atoms with E-state index in [2.05, 4.69) is 16.2 Å². The SMILES string of the molecule is C#CCCCCNc1ccnc2c(F)cc(F)cc12. The molecule has 2 nitrogen and oxygen atoms in total. The number of nitrogens with one attached hydrogen (secondary N) is 1. The quantitative estimate of drug-likeness (QED) is 0.654. The van der Waals surface area contributed by atoms with Gasteiger partial charge in [0, 0.05) is 36.3 Å². The third kappa shape index (κ3) is 3.19. The van der Waals surface area contributed by atoms with Crippen molar-refractivity contribution in [1.82, 2.24) is 4.98 Å². The van der Waals surface area contributed by atoms with Gasteiger partial charge in [-0.15, -0.1) is 12.3 Å². The lowest BCUT2D eigenvalue weighted by molar-refractivity contribution is 0.590. The molecule has 0 amide bonds. The zero-order valence-corrected chi connectivity index (χ0v) is 10.4. The first kappa shape index (κ1) is 13.3. The number of pyridine rings is 1. The van der Waals surface area contributed by atoms with Crippen LogP contribution in [-0.2, 0) is 0 Å². The van der Waals surface area contributed by atoms with Crippen molar-refractivity contribution in [3.63, 3.8) is 0 Å². The normalized spacial score (nSPS) is 10.4. The Labute approximate surface area is 110 Å². The molecule has 19 heavy (non-hydrogen) atoms. The molecule has 1 aromatic carbocycles. The van der Waals surface area contributed by atoms with Crippen LogP contribution in [0, 0.1) is 24.0 Å². The molecule has 0 saturated carbocycles. The molecule has 1 heterocycles. The average molecular weight is 260 g/mol. The summed E-state index contributed by atoms with van der Waals surface area (Å²) >= 11 is 0. The first-order valence-corrected chi connectivity index (χ1v) is 6.13. The van der Waals surface area contributed by atoms with Gasteiger partial charge < -0.3 is 5.32 Å². The third-order valence-electron chi connectivity index (χ3n) is 2.83. The molecule has 0 unspecified atom stereocenters. The summed E-state index contributed by atoms with van der Waals surface area (Å²) in [5, 5.41) is 3.61. The number of nitrogens with zero attached hydrogens (tertiary/aromatic N) is 1. The van der Waals surface area contributed by atoms with E-state index in [4.69, 9.17) is 6.42 Å². The lowest BCUT2D eigenvalue weighted by atomic mass is 10.1. The second-order valence-corrected chi connectivity index (χ2v) is 4.23. The monoisotopic (exact) mass is 260 g/mol. The van der Waals surface area contributed by atoms with Gasteiger partial charge in [0.25, 0.3) is 0 Å². The number of halogens is 2. The Bertz CT molecular complexity index is 617. The smallest absolute Gasteiger partial charge is 0.152 e. The maximum absolute atomic E-state index is 13.6. The van der Waals surface area contributed by atoms with E-state index < -0.39 is 11.6 Å². The number of unbranched alkanes of at least 4 members (excludes halogenated alkanes) is 2. The van der Waals surface area contributed by atoms with Crippen molar-refractivity contribution in [1.29, 1.82) is 0 Å². The van der Waals surface area contributed by atoms with Crippen molar-refractivity contribution in [2.75, 3.05) is 11.9 Å². The largest absolute Gasteiger partial charge is 0.384 e. The van der Waals surface area contributed by atoms with E-state index in [9.17, 15) is 8.78 Å². The van der Waals surface area contributed by atoms with Gasteiger partial charge in [-0.05, 0) is 25.0 Å². The first-order chi connectivity index (χ1) is 9.22. The van der Waals surface area contributed by atoms with Gasteiger partial charge in [0.15, 0.2) is 5.82 Å². The number of aromatic nitrogens is 1. The van der Waals surface area contributed by atoms with Crippen LogP contribution in [0.15, 0.2) is 24.4 Å².